The molecule has 6 nitrogen and oxygen atoms in total. The Morgan fingerprint density at radius 1 is 1.29 bits per heavy atom. The molecule has 0 spiro atoms. The zero-order valence-corrected chi connectivity index (χ0v) is 13.1. The lowest BCUT2D eigenvalue weighted by Gasteiger charge is -2.24. The Morgan fingerprint density at radius 2 is 2.10 bits per heavy atom. The monoisotopic (exact) mass is 326 g/mol. The van der Waals surface area contributed by atoms with Gasteiger partial charge in [0.25, 0.3) is 10.0 Å². The molecule has 0 amide bonds. The van der Waals surface area contributed by atoms with E-state index in [0.29, 0.717) is 17.3 Å². The lowest BCUT2D eigenvalue weighted by Crippen LogP contribution is -2.33. The summed E-state index contributed by atoms with van der Waals surface area (Å²) in [6.45, 7) is 0.447. The van der Waals surface area contributed by atoms with Crippen LogP contribution in [0.15, 0.2) is 29.4 Å². The molecular formula is C13H15ClN4O2S. The van der Waals surface area contributed by atoms with E-state index in [2.05, 4.69) is 10.3 Å². The van der Waals surface area contributed by atoms with Crippen LogP contribution in [0.1, 0.15) is 18.4 Å². The van der Waals surface area contributed by atoms with Crippen molar-refractivity contribution in [3.05, 3.63) is 35.0 Å². The number of aromatic nitrogens is 3. The number of nitrogens with zero attached hydrogens (tertiary/aromatic N) is 4. The smallest absolute Gasteiger partial charge is 0.265 e. The fourth-order valence-electron chi connectivity index (χ4n) is 2.57. The second kappa shape index (κ2) is 5.31. The molecular weight excluding hydrogens is 312 g/mol. The number of hydrogen-bond acceptors (Lipinski definition) is 4. The Morgan fingerprint density at radius 3 is 2.81 bits per heavy atom. The second-order valence-corrected chi connectivity index (χ2v) is 7.25. The van der Waals surface area contributed by atoms with Gasteiger partial charge in [0.2, 0.25) is 0 Å². The average Bonchev–Trinajstić information content (AvgIpc) is 2.75. The van der Waals surface area contributed by atoms with E-state index in [4.69, 9.17) is 11.6 Å². The van der Waals surface area contributed by atoms with Gasteiger partial charge in [-0.2, -0.15) is 8.42 Å². The topological polar surface area (TPSA) is 68.1 Å². The van der Waals surface area contributed by atoms with Crippen LogP contribution in [-0.4, -0.2) is 30.0 Å². The van der Waals surface area contributed by atoms with Gasteiger partial charge < -0.3 is 0 Å². The second-order valence-electron chi connectivity index (χ2n) is 5.00. The summed E-state index contributed by atoms with van der Waals surface area (Å²) in [5.41, 5.74) is 1.65. The minimum atomic E-state index is -3.67. The highest BCUT2D eigenvalue weighted by molar-refractivity contribution is 7.92. The molecule has 0 aliphatic carbocycles. The molecule has 8 heteroatoms. The van der Waals surface area contributed by atoms with Crippen molar-refractivity contribution in [1.82, 2.24) is 15.0 Å². The molecule has 2 aromatic rings. The van der Waals surface area contributed by atoms with Crippen molar-refractivity contribution in [1.29, 1.82) is 0 Å². The Bertz CT molecular complexity index is 772. The lowest BCUT2D eigenvalue weighted by molar-refractivity contribution is 0.568. The predicted molar refractivity (Wildman–Crippen MR) is 79.9 cm³/mol. The fourth-order valence-corrected chi connectivity index (χ4v) is 4.34. The van der Waals surface area contributed by atoms with Crippen LogP contribution < -0.4 is 4.31 Å². The summed E-state index contributed by atoms with van der Waals surface area (Å²) in [6, 6.07) is 5.33. The molecule has 1 aromatic carbocycles. The SMILES string of the molecule is Cn1nncc1S(=O)(=O)N1CCCCc2cc(Cl)ccc21. The van der Waals surface area contributed by atoms with Crippen molar-refractivity contribution in [3.8, 4) is 0 Å². The van der Waals surface area contributed by atoms with Crippen molar-refractivity contribution in [3.63, 3.8) is 0 Å². The van der Waals surface area contributed by atoms with E-state index in [9.17, 15) is 8.42 Å². The zero-order chi connectivity index (χ0) is 15.0. The zero-order valence-electron chi connectivity index (χ0n) is 11.5. The molecule has 112 valence electrons. The number of aryl methyl sites for hydroxylation is 2. The molecule has 1 aliphatic rings. The standard InChI is InChI=1S/C13H15ClN4O2S/c1-17-13(9-15-16-17)21(19,20)18-7-3-2-4-10-8-11(14)5-6-12(10)18/h5-6,8-9H,2-4,7H2,1H3. The summed E-state index contributed by atoms with van der Waals surface area (Å²) in [6.07, 6.45) is 3.83. The van der Waals surface area contributed by atoms with E-state index >= 15 is 0 Å². The number of benzene rings is 1. The normalized spacial score (nSPS) is 15.6. The number of sulfonamides is 1. The first-order chi connectivity index (χ1) is 10.00. The van der Waals surface area contributed by atoms with Crippen molar-refractivity contribution >= 4 is 27.3 Å². The summed E-state index contributed by atoms with van der Waals surface area (Å²) >= 11 is 6.02. The third-order valence-corrected chi connectivity index (χ3v) is 5.69. The van der Waals surface area contributed by atoms with Gasteiger partial charge in [-0.15, -0.1) is 5.10 Å². The number of fused-ring (bicyclic) bond motifs is 1. The van der Waals surface area contributed by atoms with E-state index in [1.54, 1.807) is 19.2 Å². The number of rotatable bonds is 2. The summed E-state index contributed by atoms with van der Waals surface area (Å²) in [4.78, 5) is 0. The van der Waals surface area contributed by atoms with Gasteiger partial charge >= 0.3 is 0 Å². The Hall–Kier alpha value is -1.60. The number of halogens is 1. The summed E-state index contributed by atoms with van der Waals surface area (Å²) in [5, 5.41) is 8.08. The first-order valence-electron chi connectivity index (χ1n) is 6.66. The average molecular weight is 327 g/mol. The molecule has 0 saturated carbocycles. The molecule has 21 heavy (non-hydrogen) atoms. The first-order valence-corrected chi connectivity index (χ1v) is 8.48. The maximum absolute atomic E-state index is 12.9. The number of hydrogen-bond donors (Lipinski definition) is 0. The molecule has 0 saturated heterocycles. The van der Waals surface area contributed by atoms with Gasteiger partial charge in [0, 0.05) is 18.6 Å². The maximum Gasteiger partial charge on any atom is 0.283 e. The van der Waals surface area contributed by atoms with Crippen LogP contribution in [0.25, 0.3) is 0 Å². The summed E-state index contributed by atoms with van der Waals surface area (Å²) < 4.78 is 28.4. The van der Waals surface area contributed by atoms with Crippen LogP contribution in [0.2, 0.25) is 5.02 Å². The van der Waals surface area contributed by atoms with Gasteiger partial charge in [0.15, 0.2) is 5.03 Å². The van der Waals surface area contributed by atoms with Crippen molar-refractivity contribution in [2.45, 2.75) is 24.3 Å². The Kier molecular flexibility index (Phi) is 3.62. The minimum Gasteiger partial charge on any atom is -0.265 e. The summed E-state index contributed by atoms with van der Waals surface area (Å²) in [5.74, 6) is 0. The Labute approximate surface area is 128 Å². The van der Waals surface area contributed by atoms with Crippen molar-refractivity contribution in [2.75, 3.05) is 10.8 Å². The third-order valence-electron chi connectivity index (χ3n) is 3.59. The van der Waals surface area contributed by atoms with Crippen molar-refractivity contribution in [2.24, 2.45) is 7.05 Å². The van der Waals surface area contributed by atoms with E-state index in [-0.39, 0.29) is 5.03 Å². The molecule has 3 rings (SSSR count). The van der Waals surface area contributed by atoms with Crippen LogP contribution in [0.3, 0.4) is 0 Å². The quantitative estimate of drug-likeness (QED) is 0.846. The van der Waals surface area contributed by atoms with Gasteiger partial charge in [0.1, 0.15) is 0 Å². The molecule has 0 atom stereocenters. The molecule has 0 unspecified atom stereocenters. The molecule has 0 bridgehead atoms. The van der Waals surface area contributed by atoms with Gasteiger partial charge in [0.05, 0.1) is 11.9 Å². The molecule has 0 radical (unpaired) electrons. The largest absolute Gasteiger partial charge is 0.283 e. The van der Waals surface area contributed by atoms with Gasteiger partial charge in [-0.1, -0.05) is 16.8 Å². The molecule has 0 N–H and O–H groups in total. The lowest BCUT2D eigenvalue weighted by atomic mass is 10.1. The first kappa shape index (κ1) is 14.3. The Balaban J connectivity index is 2.13. The van der Waals surface area contributed by atoms with E-state index < -0.39 is 10.0 Å². The van der Waals surface area contributed by atoms with E-state index in [1.165, 1.54) is 15.2 Å². The fraction of sp³-hybridized carbons (Fsp3) is 0.385. The highest BCUT2D eigenvalue weighted by Gasteiger charge is 2.30. The molecule has 2 heterocycles. The molecule has 1 aliphatic heterocycles. The third kappa shape index (κ3) is 2.51. The van der Waals surface area contributed by atoms with Crippen LogP contribution in [0.4, 0.5) is 5.69 Å². The summed E-state index contributed by atoms with van der Waals surface area (Å²) in [7, 11) is -2.10. The van der Waals surface area contributed by atoms with Crippen LogP contribution in [0, 0.1) is 0 Å². The predicted octanol–water partition coefficient (Wildman–Crippen LogP) is 2.00. The number of anilines is 1. The van der Waals surface area contributed by atoms with Crippen molar-refractivity contribution < 1.29 is 8.42 Å². The minimum absolute atomic E-state index is 0.0882. The van der Waals surface area contributed by atoms with Gasteiger partial charge in [-0.3, -0.25) is 4.31 Å². The van der Waals surface area contributed by atoms with Gasteiger partial charge in [-0.05, 0) is 43.0 Å². The van der Waals surface area contributed by atoms with Crippen LogP contribution >= 0.6 is 11.6 Å². The highest BCUT2D eigenvalue weighted by Crippen LogP contribution is 2.32. The molecule has 1 aromatic heterocycles. The van der Waals surface area contributed by atoms with Crippen LogP contribution in [-0.2, 0) is 23.5 Å². The highest BCUT2D eigenvalue weighted by atomic mass is 35.5. The van der Waals surface area contributed by atoms with Crippen LogP contribution in [0.5, 0.6) is 0 Å². The van der Waals surface area contributed by atoms with E-state index in [1.807, 2.05) is 6.07 Å². The van der Waals surface area contributed by atoms with Gasteiger partial charge in [-0.25, -0.2) is 4.68 Å². The molecule has 0 fully saturated rings. The maximum atomic E-state index is 12.9. The van der Waals surface area contributed by atoms with E-state index in [0.717, 1.165) is 24.8 Å².